The van der Waals surface area contributed by atoms with Gasteiger partial charge in [-0.25, -0.2) is 9.37 Å². The standard InChI is InChI=1S/C12H8ClF2N/c13-7-10-5-6-11(12(15)16-10)8-1-3-9(14)4-2-8/h1-6H,7H2. The Morgan fingerprint density at radius 3 is 2.25 bits per heavy atom. The number of pyridine rings is 1. The van der Waals surface area contributed by atoms with Crippen LogP contribution in [0, 0.1) is 11.8 Å². The van der Waals surface area contributed by atoms with Crippen LogP contribution in [0.4, 0.5) is 8.78 Å². The van der Waals surface area contributed by atoms with Gasteiger partial charge in [0.05, 0.1) is 11.6 Å². The molecule has 0 N–H and O–H groups in total. The summed E-state index contributed by atoms with van der Waals surface area (Å²) in [5.74, 6) is -0.778. The number of rotatable bonds is 2. The van der Waals surface area contributed by atoms with E-state index in [1.54, 1.807) is 12.1 Å². The van der Waals surface area contributed by atoms with Gasteiger partial charge >= 0.3 is 0 Å². The summed E-state index contributed by atoms with van der Waals surface area (Å²) in [6, 6.07) is 8.82. The molecule has 0 bridgehead atoms. The van der Waals surface area contributed by atoms with Gasteiger partial charge in [0.25, 0.3) is 0 Å². The van der Waals surface area contributed by atoms with E-state index in [0.717, 1.165) is 0 Å². The molecule has 2 aromatic rings. The van der Waals surface area contributed by atoms with E-state index in [2.05, 4.69) is 4.98 Å². The quantitative estimate of drug-likeness (QED) is 0.574. The van der Waals surface area contributed by atoms with Gasteiger partial charge in [-0.3, -0.25) is 0 Å². The third-order valence-electron chi connectivity index (χ3n) is 2.20. The van der Waals surface area contributed by atoms with Gasteiger partial charge in [-0.05, 0) is 29.8 Å². The summed E-state index contributed by atoms with van der Waals surface area (Å²) in [4.78, 5) is 3.70. The van der Waals surface area contributed by atoms with Gasteiger partial charge in [-0.15, -0.1) is 11.6 Å². The summed E-state index contributed by atoms with van der Waals surface area (Å²) in [6.45, 7) is 0. The minimum absolute atomic E-state index is 0.167. The van der Waals surface area contributed by atoms with Crippen molar-refractivity contribution in [3.63, 3.8) is 0 Å². The molecule has 0 unspecified atom stereocenters. The van der Waals surface area contributed by atoms with Crippen LogP contribution in [0.5, 0.6) is 0 Å². The maximum absolute atomic E-state index is 13.6. The van der Waals surface area contributed by atoms with Gasteiger partial charge in [0, 0.05) is 5.56 Å². The van der Waals surface area contributed by atoms with Gasteiger partial charge in [0.15, 0.2) is 0 Å². The fraction of sp³-hybridized carbons (Fsp3) is 0.0833. The molecule has 1 aromatic heterocycles. The lowest BCUT2D eigenvalue weighted by molar-refractivity contribution is 0.583. The highest BCUT2D eigenvalue weighted by Gasteiger charge is 2.07. The van der Waals surface area contributed by atoms with E-state index in [1.807, 2.05) is 0 Å². The molecule has 1 aromatic carbocycles. The Labute approximate surface area is 96.7 Å². The first-order chi connectivity index (χ1) is 7.70. The van der Waals surface area contributed by atoms with Crippen LogP contribution in [0.25, 0.3) is 11.1 Å². The molecule has 0 fully saturated rings. The van der Waals surface area contributed by atoms with Crippen molar-refractivity contribution in [1.82, 2.24) is 4.98 Å². The number of benzene rings is 1. The zero-order valence-corrected chi connectivity index (χ0v) is 9.01. The van der Waals surface area contributed by atoms with Crippen molar-refractivity contribution in [2.75, 3.05) is 0 Å². The largest absolute Gasteiger partial charge is 0.223 e. The Bertz CT molecular complexity index is 497. The summed E-state index contributed by atoms with van der Waals surface area (Å²) >= 11 is 5.54. The molecule has 0 spiro atoms. The number of nitrogens with zero attached hydrogens (tertiary/aromatic N) is 1. The Morgan fingerprint density at radius 2 is 1.69 bits per heavy atom. The molecule has 82 valence electrons. The predicted molar refractivity (Wildman–Crippen MR) is 59.1 cm³/mol. The fourth-order valence-electron chi connectivity index (χ4n) is 1.39. The molecule has 0 saturated heterocycles. The van der Waals surface area contributed by atoms with Gasteiger partial charge in [-0.2, -0.15) is 4.39 Å². The first kappa shape index (κ1) is 11.0. The normalized spacial score (nSPS) is 10.4. The van der Waals surface area contributed by atoms with E-state index in [4.69, 9.17) is 11.6 Å². The topological polar surface area (TPSA) is 12.9 Å². The molecule has 1 heterocycles. The molecule has 0 aliphatic heterocycles. The van der Waals surface area contributed by atoms with Crippen molar-refractivity contribution >= 4 is 11.6 Å². The summed E-state index contributed by atoms with van der Waals surface area (Å²) in [5.41, 5.74) is 1.41. The Hall–Kier alpha value is -1.48. The highest BCUT2D eigenvalue weighted by Crippen LogP contribution is 2.22. The first-order valence-corrected chi connectivity index (χ1v) is 5.21. The van der Waals surface area contributed by atoms with Crippen LogP contribution in [-0.4, -0.2) is 4.98 Å². The van der Waals surface area contributed by atoms with Gasteiger partial charge in [0.2, 0.25) is 5.95 Å². The SMILES string of the molecule is Fc1ccc(-c2ccc(CCl)nc2F)cc1. The summed E-state index contributed by atoms with van der Waals surface area (Å²) < 4.78 is 26.3. The lowest BCUT2D eigenvalue weighted by Gasteiger charge is -2.03. The number of alkyl halides is 1. The van der Waals surface area contributed by atoms with Crippen LogP contribution in [-0.2, 0) is 5.88 Å². The third-order valence-corrected chi connectivity index (χ3v) is 2.47. The maximum Gasteiger partial charge on any atom is 0.221 e. The number of hydrogen-bond acceptors (Lipinski definition) is 1. The minimum atomic E-state index is -0.593. The van der Waals surface area contributed by atoms with E-state index >= 15 is 0 Å². The van der Waals surface area contributed by atoms with Crippen molar-refractivity contribution < 1.29 is 8.78 Å². The Kier molecular flexibility index (Phi) is 3.15. The average molecular weight is 240 g/mol. The van der Waals surface area contributed by atoms with Crippen LogP contribution in [0.3, 0.4) is 0 Å². The molecule has 4 heteroatoms. The molecular formula is C12H8ClF2N. The van der Waals surface area contributed by atoms with E-state index in [0.29, 0.717) is 16.8 Å². The Balaban J connectivity index is 2.44. The molecule has 0 amide bonds. The molecule has 0 aliphatic carbocycles. The zero-order chi connectivity index (χ0) is 11.5. The molecule has 1 nitrogen and oxygen atoms in total. The number of aromatic nitrogens is 1. The molecule has 0 atom stereocenters. The lowest BCUT2D eigenvalue weighted by atomic mass is 10.1. The summed E-state index contributed by atoms with van der Waals surface area (Å²) in [5, 5.41) is 0. The molecule has 2 rings (SSSR count). The predicted octanol–water partition coefficient (Wildman–Crippen LogP) is 3.77. The van der Waals surface area contributed by atoms with E-state index < -0.39 is 5.95 Å². The second kappa shape index (κ2) is 4.58. The third kappa shape index (κ3) is 2.19. The number of hydrogen-bond donors (Lipinski definition) is 0. The van der Waals surface area contributed by atoms with Crippen LogP contribution in [0.1, 0.15) is 5.69 Å². The maximum atomic E-state index is 13.6. The molecule has 0 saturated carbocycles. The van der Waals surface area contributed by atoms with Gasteiger partial charge in [-0.1, -0.05) is 12.1 Å². The zero-order valence-electron chi connectivity index (χ0n) is 8.25. The van der Waals surface area contributed by atoms with Gasteiger partial charge < -0.3 is 0 Å². The second-order valence-electron chi connectivity index (χ2n) is 3.28. The van der Waals surface area contributed by atoms with E-state index in [1.165, 1.54) is 24.3 Å². The average Bonchev–Trinajstić information content (AvgIpc) is 2.30. The number of halogens is 3. The summed E-state index contributed by atoms with van der Waals surface area (Å²) in [6.07, 6.45) is 0. The highest BCUT2D eigenvalue weighted by molar-refractivity contribution is 6.16. The molecule has 16 heavy (non-hydrogen) atoms. The minimum Gasteiger partial charge on any atom is -0.223 e. The van der Waals surface area contributed by atoms with E-state index in [9.17, 15) is 8.78 Å². The summed E-state index contributed by atoms with van der Waals surface area (Å²) in [7, 11) is 0. The van der Waals surface area contributed by atoms with Crippen molar-refractivity contribution in [3.8, 4) is 11.1 Å². The monoisotopic (exact) mass is 239 g/mol. The van der Waals surface area contributed by atoms with Crippen molar-refractivity contribution in [3.05, 3.63) is 53.9 Å². The van der Waals surface area contributed by atoms with Crippen LogP contribution in [0.15, 0.2) is 36.4 Å². The second-order valence-corrected chi connectivity index (χ2v) is 3.55. The lowest BCUT2D eigenvalue weighted by Crippen LogP contribution is -1.93. The van der Waals surface area contributed by atoms with Crippen molar-refractivity contribution in [1.29, 1.82) is 0 Å². The highest BCUT2D eigenvalue weighted by atomic mass is 35.5. The van der Waals surface area contributed by atoms with Crippen molar-refractivity contribution in [2.45, 2.75) is 5.88 Å². The first-order valence-electron chi connectivity index (χ1n) is 4.68. The van der Waals surface area contributed by atoms with Crippen LogP contribution >= 0.6 is 11.6 Å². The van der Waals surface area contributed by atoms with Crippen molar-refractivity contribution in [2.24, 2.45) is 0 Å². The Morgan fingerprint density at radius 1 is 1.00 bits per heavy atom. The van der Waals surface area contributed by atoms with Crippen LogP contribution in [0.2, 0.25) is 0 Å². The molecule has 0 aliphatic rings. The fourth-order valence-corrected chi connectivity index (χ4v) is 1.54. The van der Waals surface area contributed by atoms with Crippen LogP contribution < -0.4 is 0 Å². The van der Waals surface area contributed by atoms with E-state index in [-0.39, 0.29) is 11.7 Å². The van der Waals surface area contributed by atoms with Gasteiger partial charge in [0.1, 0.15) is 5.82 Å². The smallest absolute Gasteiger partial charge is 0.221 e. The molecular weight excluding hydrogens is 232 g/mol. The molecule has 0 radical (unpaired) electrons.